The number of nitro benzene ring substituents is 1. The smallest absolute Gasteiger partial charge is 0.269 e. The summed E-state index contributed by atoms with van der Waals surface area (Å²) in [5.41, 5.74) is 1.68. The fraction of sp³-hybridized carbons (Fsp3) is 0.409. The number of anilines is 1. The summed E-state index contributed by atoms with van der Waals surface area (Å²) in [5, 5.41) is 17.7. The zero-order valence-corrected chi connectivity index (χ0v) is 20.8. The number of hydrogen-bond acceptors (Lipinski definition) is 6. The minimum Gasteiger partial charge on any atom is -0.493 e. The molecule has 1 aliphatic carbocycles. The largest absolute Gasteiger partial charge is 0.493 e. The molecule has 2 aromatic carbocycles. The third-order valence-electron chi connectivity index (χ3n) is 5.19. The van der Waals surface area contributed by atoms with Gasteiger partial charge in [-0.05, 0) is 18.4 Å². The molecule has 174 valence electrons. The molecule has 0 aromatic heterocycles. The first kappa shape index (κ1) is 25.5. The van der Waals surface area contributed by atoms with Crippen molar-refractivity contribution < 1.29 is 19.1 Å². The van der Waals surface area contributed by atoms with E-state index in [2.05, 4.69) is 10.6 Å². The fourth-order valence-electron chi connectivity index (χ4n) is 3.57. The highest BCUT2D eigenvalue weighted by Crippen LogP contribution is 2.39. The van der Waals surface area contributed by atoms with Crippen molar-refractivity contribution in [3.05, 3.63) is 52.1 Å². The Morgan fingerprint density at radius 3 is 2.16 bits per heavy atom. The quantitative estimate of drug-likeness (QED) is 0.159. The van der Waals surface area contributed by atoms with Crippen LogP contribution in [0.1, 0.15) is 31.2 Å². The van der Waals surface area contributed by atoms with Gasteiger partial charge in [0.25, 0.3) is 5.69 Å². The van der Waals surface area contributed by atoms with Crippen molar-refractivity contribution in [1.29, 1.82) is 0 Å². The molecule has 1 fully saturated rings. The van der Waals surface area contributed by atoms with Crippen LogP contribution in [0.5, 0.6) is 17.2 Å². The summed E-state index contributed by atoms with van der Waals surface area (Å²) in [6, 6.07) is 10.4. The molecule has 0 atom stereocenters. The second-order valence-electron chi connectivity index (χ2n) is 7.25. The van der Waals surface area contributed by atoms with E-state index in [9.17, 15) is 10.1 Å². The number of methoxy groups -OCH3 is 3. The van der Waals surface area contributed by atoms with Crippen molar-refractivity contribution in [2.45, 2.75) is 38.3 Å². The second-order valence-corrected chi connectivity index (χ2v) is 7.25. The van der Waals surface area contributed by atoms with Gasteiger partial charge in [0.15, 0.2) is 17.5 Å². The third-order valence-corrected chi connectivity index (χ3v) is 5.19. The van der Waals surface area contributed by atoms with Crippen molar-refractivity contribution >= 4 is 41.3 Å². The van der Waals surface area contributed by atoms with Crippen LogP contribution < -0.4 is 24.8 Å². The Bertz CT molecular complexity index is 905. The lowest BCUT2D eigenvalue weighted by Gasteiger charge is -2.19. The molecule has 1 aliphatic rings. The number of nitrogens with zero attached hydrogens (tertiary/aromatic N) is 2. The van der Waals surface area contributed by atoms with E-state index in [4.69, 9.17) is 19.2 Å². The van der Waals surface area contributed by atoms with Crippen LogP contribution in [0.25, 0.3) is 0 Å². The molecule has 0 aliphatic heterocycles. The number of ether oxygens (including phenoxy) is 3. The number of hydrogen-bond donors (Lipinski definition) is 2. The van der Waals surface area contributed by atoms with E-state index in [1.54, 1.807) is 33.5 Å². The van der Waals surface area contributed by atoms with E-state index >= 15 is 0 Å². The van der Waals surface area contributed by atoms with Gasteiger partial charge in [-0.25, -0.2) is 4.99 Å². The number of non-ortho nitro benzene ring substituents is 1. The van der Waals surface area contributed by atoms with Crippen LogP contribution in [0.4, 0.5) is 11.4 Å². The van der Waals surface area contributed by atoms with Crippen LogP contribution in [0.15, 0.2) is 41.4 Å². The van der Waals surface area contributed by atoms with Gasteiger partial charge in [-0.2, -0.15) is 0 Å². The zero-order valence-electron chi connectivity index (χ0n) is 18.4. The highest BCUT2D eigenvalue weighted by atomic mass is 127. The second kappa shape index (κ2) is 12.3. The summed E-state index contributed by atoms with van der Waals surface area (Å²) < 4.78 is 16.3. The molecule has 0 spiro atoms. The number of guanidine groups is 1. The molecule has 10 heteroatoms. The average molecular weight is 556 g/mol. The Hall–Kier alpha value is -2.76. The van der Waals surface area contributed by atoms with Crippen molar-refractivity contribution in [1.82, 2.24) is 5.32 Å². The zero-order chi connectivity index (χ0) is 22.2. The predicted octanol–water partition coefficient (Wildman–Crippen LogP) is 4.74. The number of nitro groups is 1. The summed E-state index contributed by atoms with van der Waals surface area (Å²) in [5.74, 6) is 2.23. The first-order valence-electron chi connectivity index (χ1n) is 10.2. The van der Waals surface area contributed by atoms with Gasteiger partial charge in [0.05, 0.1) is 32.8 Å². The molecule has 0 bridgehead atoms. The van der Waals surface area contributed by atoms with Crippen molar-refractivity contribution in [3.8, 4) is 17.2 Å². The summed E-state index contributed by atoms with van der Waals surface area (Å²) in [7, 11) is 4.70. The minimum absolute atomic E-state index is 0. The molecule has 0 radical (unpaired) electrons. The summed E-state index contributed by atoms with van der Waals surface area (Å²) in [6.45, 7) is 0.379. The molecule has 2 aromatic rings. The van der Waals surface area contributed by atoms with Gasteiger partial charge in [-0.1, -0.05) is 25.0 Å². The highest BCUT2D eigenvalue weighted by molar-refractivity contribution is 14.0. The van der Waals surface area contributed by atoms with Gasteiger partial charge in [0, 0.05) is 36.0 Å². The molecule has 9 nitrogen and oxygen atoms in total. The molecule has 0 amide bonds. The Kier molecular flexibility index (Phi) is 9.82. The molecule has 2 N–H and O–H groups in total. The van der Waals surface area contributed by atoms with E-state index in [1.165, 1.54) is 25.0 Å². The van der Waals surface area contributed by atoms with E-state index in [-0.39, 0.29) is 29.7 Å². The monoisotopic (exact) mass is 556 g/mol. The Labute approximate surface area is 204 Å². The minimum atomic E-state index is -0.411. The lowest BCUT2D eigenvalue weighted by molar-refractivity contribution is -0.384. The maximum absolute atomic E-state index is 10.9. The third kappa shape index (κ3) is 6.62. The molecule has 1 saturated carbocycles. The van der Waals surface area contributed by atoms with Crippen LogP contribution in [0.3, 0.4) is 0 Å². The number of halogens is 1. The Morgan fingerprint density at radius 1 is 1.06 bits per heavy atom. The van der Waals surface area contributed by atoms with Crippen LogP contribution in [-0.4, -0.2) is 38.3 Å². The summed E-state index contributed by atoms with van der Waals surface area (Å²) >= 11 is 0. The molecule has 0 saturated heterocycles. The Morgan fingerprint density at radius 2 is 1.66 bits per heavy atom. The number of rotatable bonds is 8. The predicted molar refractivity (Wildman–Crippen MR) is 135 cm³/mol. The van der Waals surface area contributed by atoms with Crippen LogP contribution in [0, 0.1) is 10.1 Å². The topological polar surface area (TPSA) is 107 Å². The Balaban J connectivity index is 0.00000363. The van der Waals surface area contributed by atoms with Gasteiger partial charge in [-0.15, -0.1) is 24.0 Å². The van der Waals surface area contributed by atoms with Crippen LogP contribution >= 0.6 is 24.0 Å². The average Bonchev–Trinajstić information content (AvgIpc) is 3.30. The number of aliphatic imine (C=N–C) groups is 1. The van der Waals surface area contributed by atoms with Gasteiger partial charge < -0.3 is 24.8 Å². The first-order valence-corrected chi connectivity index (χ1v) is 10.2. The lowest BCUT2D eigenvalue weighted by Crippen LogP contribution is -2.37. The SMILES string of the molecule is COc1cc(NC(=NCc2ccc([N+](=O)[O-])cc2)NC2CCCC2)cc(OC)c1OC.I. The van der Waals surface area contributed by atoms with E-state index in [1.807, 2.05) is 12.1 Å². The van der Waals surface area contributed by atoms with Gasteiger partial charge in [0.1, 0.15) is 0 Å². The number of nitrogens with one attached hydrogen (secondary N) is 2. The maximum atomic E-state index is 10.9. The highest BCUT2D eigenvalue weighted by Gasteiger charge is 2.18. The molecule has 3 rings (SSSR count). The van der Waals surface area contributed by atoms with Crippen LogP contribution in [-0.2, 0) is 6.54 Å². The lowest BCUT2D eigenvalue weighted by atomic mass is 10.2. The van der Waals surface area contributed by atoms with Crippen molar-refractivity contribution in [2.24, 2.45) is 4.99 Å². The van der Waals surface area contributed by atoms with Gasteiger partial charge in [-0.3, -0.25) is 10.1 Å². The van der Waals surface area contributed by atoms with Gasteiger partial charge in [0.2, 0.25) is 5.75 Å². The maximum Gasteiger partial charge on any atom is 0.269 e. The molecular weight excluding hydrogens is 527 g/mol. The molecule has 32 heavy (non-hydrogen) atoms. The van der Waals surface area contributed by atoms with E-state index in [0.717, 1.165) is 24.1 Å². The summed E-state index contributed by atoms with van der Waals surface area (Å²) in [6.07, 6.45) is 4.57. The molecule has 0 heterocycles. The fourth-order valence-corrected chi connectivity index (χ4v) is 3.57. The normalized spacial score (nSPS) is 13.8. The number of benzene rings is 2. The summed E-state index contributed by atoms with van der Waals surface area (Å²) in [4.78, 5) is 15.1. The van der Waals surface area contributed by atoms with Crippen LogP contribution in [0.2, 0.25) is 0 Å². The van der Waals surface area contributed by atoms with Crippen molar-refractivity contribution in [3.63, 3.8) is 0 Å². The van der Waals surface area contributed by atoms with E-state index < -0.39 is 4.92 Å². The standard InChI is InChI=1S/C22H28N4O5.HI/c1-29-19-12-17(13-20(30-2)21(19)31-3)25-22(24-16-6-4-5-7-16)23-14-15-8-10-18(11-9-15)26(27)28;/h8-13,16H,4-7,14H2,1-3H3,(H2,23,24,25);1H. The molecular formula is C22H29IN4O5. The molecule has 0 unspecified atom stereocenters. The van der Waals surface area contributed by atoms with E-state index in [0.29, 0.717) is 35.8 Å². The first-order chi connectivity index (χ1) is 15.0. The van der Waals surface area contributed by atoms with Crippen molar-refractivity contribution in [2.75, 3.05) is 26.6 Å². The van der Waals surface area contributed by atoms with Gasteiger partial charge >= 0.3 is 0 Å².